The first-order chi connectivity index (χ1) is 8.18. The zero-order valence-electron chi connectivity index (χ0n) is 9.37. The lowest BCUT2D eigenvalue weighted by Crippen LogP contribution is -2.22. The molecule has 0 unspecified atom stereocenters. The minimum atomic E-state index is -0.372. The Morgan fingerprint density at radius 1 is 1.18 bits per heavy atom. The molecule has 0 bridgehead atoms. The molecule has 0 fully saturated rings. The number of amides is 1. The summed E-state index contributed by atoms with van der Waals surface area (Å²) in [6.45, 7) is 1.78. The molecule has 2 rings (SSSR count). The van der Waals surface area contributed by atoms with E-state index in [1.807, 2.05) is 6.07 Å². The second-order valence-corrected chi connectivity index (χ2v) is 3.64. The second-order valence-electron chi connectivity index (χ2n) is 3.64. The van der Waals surface area contributed by atoms with E-state index in [0.29, 0.717) is 5.56 Å². The van der Waals surface area contributed by atoms with Crippen molar-refractivity contribution in [1.82, 2.24) is 4.73 Å². The number of pyridine rings is 1. The molecule has 0 aliphatic rings. The largest absolute Gasteiger partial charge is 0.427 e. The minimum absolute atomic E-state index is 0.251. The molecule has 0 aliphatic heterocycles. The van der Waals surface area contributed by atoms with E-state index in [1.54, 1.807) is 43.3 Å². The molecule has 0 saturated heterocycles. The number of aromatic nitrogens is 1. The zero-order chi connectivity index (χ0) is 12.3. The van der Waals surface area contributed by atoms with Crippen molar-refractivity contribution < 1.29 is 10.0 Å². The third-order valence-electron chi connectivity index (χ3n) is 2.37. The summed E-state index contributed by atoms with van der Waals surface area (Å²) in [6.07, 6.45) is 1.43. The molecule has 2 aromatic rings. The van der Waals surface area contributed by atoms with Gasteiger partial charge in [0.05, 0.1) is 0 Å². The maximum absolute atomic E-state index is 11.8. The highest BCUT2D eigenvalue weighted by Gasteiger charge is 2.03. The predicted octanol–water partition coefficient (Wildman–Crippen LogP) is 1.77. The summed E-state index contributed by atoms with van der Waals surface area (Å²) in [5, 5.41) is 9.56. The number of nitrogens with zero attached hydrogens (tertiary/aromatic N) is 2. The van der Waals surface area contributed by atoms with Crippen LogP contribution in [0.15, 0.2) is 53.7 Å². The van der Waals surface area contributed by atoms with Gasteiger partial charge in [-0.15, -0.1) is 0 Å². The summed E-state index contributed by atoms with van der Waals surface area (Å²) in [5.41, 5.74) is 1.48. The van der Waals surface area contributed by atoms with Gasteiger partial charge in [-0.05, 0) is 30.7 Å². The molecular formula is C13H12N2O2. The topological polar surface area (TPSA) is 54.6 Å². The smallest absolute Gasteiger partial charge is 0.279 e. The van der Waals surface area contributed by atoms with Crippen LogP contribution in [0.25, 0.3) is 0 Å². The number of rotatable bonds is 1. The van der Waals surface area contributed by atoms with Crippen molar-refractivity contribution in [1.29, 1.82) is 0 Å². The average Bonchev–Trinajstić information content (AvgIpc) is 2.35. The molecule has 0 saturated carbocycles. The van der Waals surface area contributed by atoms with E-state index < -0.39 is 0 Å². The molecule has 1 N–H and O–H groups in total. The van der Waals surface area contributed by atoms with Crippen molar-refractivity contribution >= 4 is 5.91 Å². The van der Waals surface area contributed by atoms with Gasteiger partial charge < -0.3 is 5.21 Å². The fourth-order valence-electron chi connectivity index (χ4n) is 1.48. The van der Waals surface area contributed by atoms with Gasteiger partial charge >= 0.3 is 0 Å². The fraction of sp³-hybridized carbons (Fsp3) is 0.0769. The summed E-state index contributed by atoms with van der Waals surface area (Å²) in [5.74, 6) is -0.372. The Balaban J connectivity index is 2.48. The number of aryl methyl sites for hydroxylation is 1. The molecule has 1 aromatic heterocycles. The second kappa shape index (κ2) is 4.65. The van der Waals surface area contributed by atoms with E-state index in [0.717, 1.165) is 10.3 Å². The molecule has 1 aromatic carbocycles. The van der Waals surface area contributed by atoms with Gasteiger partial charge in [-0.3, -0.25) is 4.79 Å². The third-order valence-corrected chi connectivity index (χ3v) is 2.37. The molecule has 0 aliphatic carbocycles. The highest BCUT2D eigenvalue weighted by Crippen LogP contribution is 2.00. The summed E-state index contributed by atoms with van der Waals surface area (Å²) in [4.78, 5) is 15.7. The Hall–Kier alpha value is -2.36. The van der Waals surface area contributed by atoms with Gasteiger partial charge in [0.15, 0.2) is 5.49 Å². The van der Waals surface area contributed by atoms with Gasteiger partial charge in [-0.25, -0.2) is 0 Å². The summed E-state index contributed by atoms with van der Waals surface area (Å²) in [7, 11) is 0. The van der Waals surface area contributed by atoms with Gasteiger partial charge in [0, 0.05) is 11.8 Å². The lowest BCUT2D eigenvalue weighted by Gasteiger charge is -2.00. The Labute approximate surface area is 98.5 Å². The first-order valence-corrected chi connectivity index (χ1v) is 5.20. The average molecular weight is 228 g/mol. The van der Waals surface area contributed by atoms with Crippen LogP contribution in [0.4, 0.5) is 0 Å². The van der Waals surface area contributed by atoms with Crippen LogP contribution >= 0.6 is 0 Å². The Morgan fingerprint density at radius 3 is 2.53 bits per heavy atom. The van der Waals surface area contributed by atoms with Crippen LogP contribution in [0.1, 0.15) is 15.9 Å². The molecule has 86 valence electrons. The summed E-state index contributed by atoms with van der Waals surface area (Å²) >= 11 is 0. The molecule has 1 amide bonds. The quantitative estimate of drug-likeness (QED) is 0.756. The van der Waals surface area contributed by atoms with E-state index in [-0.39, 0.29) is 11.4 Å². The van der Waals surface area contributed by atoms with Crippen LogP contribution in [0, 0.1) is 6.92 Å². The highest BCUT2D eigenvalue weighted by atomic mass is 16.5. The molecule has 1 heterocycles. The number of hydrogen-bond donors (Lipinski definition) is 1. The summed E-state index contributed by atoms with van der Waals surface area (Å²) in [6, 6.07) is 12.2. The normalized spacial score (nSPS) is 11.5. The number of carbonyl (C=O) groups excluding carboxylic acids is 1. The Kier molecular flexibility index (Phi) is 3.05. The number of hydrogen-bond acceptors (Lipinski definition) is 2. The van der Waals surface area contributed by atoms with Crippen molar-refractivity contribution in [2.75, 3.05) is 0 Å². The Morgan fingerprint density at radius 2 is 1.88 bits per heavy atom. The molecular weight excluding hydrogens is 216 g/mol. The van der Waals surface area contributed by atoms with Crippen molar-refractivity contribution in [3.8, 4) is 0 Å². The SMILES string of the molecule is Cc1cccn(O)c1=NC(=O)c1ccccc1. The first-order valence-electron chi connectivity index (χ1n) is 5.20. The lowest BCUT2D eigenvalue weighted by atomic mass is 10.2. The van der Waals surface area contributed by atoms with Crippen LogP contribution in [-0.2, 0) is 0 Å². The van der Waals surface area contributed by atoms with Crippen LogP contribution in [0.3, 0.4) is 0 Å². The molecule has 0 radical (unpaired) electrons. The van der Waals surface area contributed by atoms with Crippen LogP contribution < -0.4 is 5.49 Å². The first kappa shape index (κ1) is 11.1. The van der Waals surface area contributed by atoms with Crippen LogP contribution in [-0.4, -0.2) is 15.8 Å². The zero-order valence-corrected chi connectivity index (χ0v) is 9.37. The Bertz CT molecular complexity index is 577. The van der Waals surface area contributed by atoms with Gasteiger partial charge in [0.1, 0.15) is 0 Å². The van der Waals surface area contributed by atoms with E-state index in [9.17, 15) is 10.0 Å². The maximum Gasteiger partial charge on any atom is 0.279 e. The molecule has 4 nitrogen and oxygen atoms in total. The fourth-order valence-corrected chi connectivity index (χ4v) is 1.48. The van der Waals surface area contributed by atoms with Gasteiger partial charge in [0.2, 0.25) is 0 Å². The maximum atomic E-state index is 11.8. The van der Waals surface area contributed by atoms with Crippen molar-refractivity contribution in [2.45, 2.75) is 6.92 Å². The van der Waals surface area contributed by atoms with E-state index in [4.69, 9.17) is 0 Å². The number of carbonyl (C=O) groups is 1. The molecule has 17 heavy (non-hydrogen) atoms. The van der Waals surface area contributed by atoms with Gasteiger partial charge in [-0.2, -0.15) is 9.72 Å². The van der Waals surface area contributed by atoms with Crippen LogP contribution in [0.2, 0.25) is 0 Å². The standard InChI is InChI=1S/C13H12N2O2/c1-10-6-5-9-15(17)12(10)14-13(16)11-7-3-2-4-8-11/h2-9,17H,1H3. The van der Waals surface area contributed by atoms with Gasteiger partial charge in [-0.1, -0.05) is 24.3 Å². The number of benzene rings is 1. The van der Waals surface area contributed by atoms with E-state index >= 15 is 0 Å². The van der Waals surface area contributed by atoms with E-state index in [1.165, 1.54) is 6.20 Å². The van der Waals surface area contributed by atoms with Crippen molar-refractivity contribution in [3.63, 3.8) is 0 Å². The molecule has 0 spiro atoms. The minimum Gasteiger partial charge on any atom is -0.427 e. The summed E-state index contributed by atoms with van der Waals surface area (Å²) < 4.78 is 0.843. The van der Waals surface area contributed by atoms with Crippen LogP contribution in [0.5, 0.6) is 0 Å². The predicted molar refractivity (Wildman–Crippen MR) is 62.7 cm³/mol. The monoisotopic (exact) mass is 228 g/mol. The third kappa shape index (κ3) is 2.42. The molecule has 4 heteroatoms. The van der Waals surface area contributed by atoms with Crippen molar-refractivity contribution in [3.05, 3.63) is 65.3 Å². The lowest BCUT2D eigenvalue weighted by molar-refractivity contribution is 0.0987. The molecule has 0 atom stereocenters. The van der Waals surface area contributed by atoms with Crippen molar-refractivity contribution in [2.24, 2.45) is 4.99 Å². The highest BCUT2D eigenvalue weighted by molar-refractivity contribution is 5.94. The van der Waals surface area contributed by atoms with E-state index in [2.05, 4.69) is 4.99 Å². The van der Waals surface area contributed by atoms with Gasteiger partial charge in [0.25, 0.3) is 5.91 Å².